The van der Waals surface area contributed by atoms with Gasteiger partial charge >= 0.3 is 11.9 Å². The molecule has 1 aliphatic carbocycles. The van der Waals surface area contributed by atoms with Gasteiger partial charge in [-0.25, -0.2) is 4.79 Å². The number of hydrogen-bond donors (Lipinski definition) is 3. The number of Topliss-reactive ketones (excluding diaryl/α,β-unsaturated/α-hetero) is 1. The fourth-order valence-corrected chi connectivity index (χ4v) is 4.95. The van der Waals surface area contributed by atoms with Crippen molar-refractivity contribution < 1.29 is 24.2 Å². The molecule has 7 nitrogen and oxygen atoms in total. The van der Waals surface area contributed by atoms with Crippen molar-refractivity contribution >= 4 is 17.7 Å². The molecule has 3 N–H and O–H groups in total. The lowest BCUT2D eigenvalue weighted by Gasteiger charge is -2.26. The molecule has 0 spiro atoms. The molecule has 1 saturated carbocycles. The van der Waals surface area contributed by atoms with Crippen molar-refractivity contribution in [1.29, 1.82) is 0 Å². The van der Waals surface area contributed by atoms with Gasteiger partial charge in [0, 0.05) is 19.0 Å². The van der Waals surface area contributed by atoms with E-state index in [0.717, 1.165) is 31.2 Å². The summed E-state index contributed by atoms with van der Waals surface area (Å²) in [7, 11) is 0. The van der Waals surface area contributed by atoms with E-state index < -0.39 is 17.6 Å². The number of aryl methyl sites for hydroxylation is 1. The summed E-state index contributed by atoms with van der Waals surface area (Å²) in [5.41, 5.74) is -0.373. The SMILES string of the molecule is CCOC(=O)[C@H](CCc1ccccc1)NCCC(=O)C1(C(=O)O)CC2CCCCC2N1. The van der Waals surface area contributed by atoms with Crippen LogP contribution in [0.5, 0.6) is 0 Å². The first-order chi connectivity index (χ1) is 15.0. The number of carboxylic acids is 1. The maximum atomic E-state index is 13.0. The predicted octanol–water partition coefficient (Wildman–Crippen LogP) is 2.48. The average Bonchev–Trinajstić information content (AvgIpc) is 3.18. The zero-order valence-corrected chi connectivity index (χ0v) is 18.3. The maximum absolute atomic E-state index is 13.0. The third kappa shape index (κ3) is 5.71. The number of carbonyl (C=O) groups is 3. The highest BCUT2D eigenvalue weighted by Crippen LogP contribution is 2.39. The van der Waals surface area contributed by atoms with Gasteiger partial charge in [0.2, 0.25) is 0 Å². The van der Waals surface area contributed by atoms with Crippen LogP contribution in [0.25, 0.3) is 0 Å². The Bertz CT molecular complexity index is 752. The Morgan fingerprint density at radius 3 is 2.65 bits per heavy atom. The number of aliphatic carboxylic acids is 1. The second-order valence-corrected chi connectivity index (χ2v) is 8.67. The highest BCUT2D eigenvalue weighted by molar-refractivity contribution is 6.08. The van der Waals surface area contributed by atoms with Crippen molar-refractivity contribution in [3.63, 3.8) is 0 Å². The van der Waals surface area contributed by atoms with Crippen molar-refractivity contribution in [2.75, 3.05) is 13.2 Å². The molecule has 0 bridgehead atoms. The van der Waals surface area contributed by atoms with Gasteiger partial charge in [-0.15, -0.1) is 0 Å². The second-order valence-electron chi connectivity index (χ2n) is 8.67. The summed E-state index contributed by atoms with van der Waals surface area (Å²) in [5.74, 6) is -1.49. The van der Waals surface area contributed by atoms with Gasteiger partial charge in [0.15, 0.2) is 11.3 Å². The smallest absolute Gasteiger partial charge is 0.331 e. The first-order valence-corrected chi connectivity index (χ1v) is 11.4. The van der Waals surface area contributed by atoms with Crippen molar-refractivity contribution in [2.45, 2.75) is 75.9 Å². The van der Waals surface area contributed by atoms with Crippen LogP contribution in [-0.2, 0) is 25.5 Å². The molecule has 7 heteroatoms. The Kier molecular flexibility index (Phi) is 8.21. The van der Waals surface area contributed by atoms with Gasteiger partial charge in [-0.2, -0.15) is 0 Å². The fourth-order valence-electron chi connectivity index (χ4n) is 4.95. The number of esters is 1. The Morgan fingerprint density at radius 2 is 1.97 bits per heavy atom. The highest BCUT2D eigenvalue weighted by Gasteiger charge is 2.54. The molecule has 0 aromatic heterocycles. The van der Waals surface area contributed by atoms with Crippen LogP contribution in [0.4, 0.5) is 0 Å². The normalized spacial score (nSPS) is 26.1. The number of carboxylic acid groups (broad SMARTS) is 1. The Hall–Kier alpha value is -2.25. The lowest BCUT2D eigenvalue weighted by Crippen LogP contribution is -2.56. The summed E-state index contributed by atoms with van der Waals surface area (Å²) in [6, 6.07) is 9.45. The number of hydrogen-bond acceptors (Lipinski definition) is 6. The van der Waals surface area contributed by atoms with E-state index in [-0.39, 0.29) is 43.3 Å². The van der Waals surface area contributed by atoms with Gasteiger partial charge < -0.3 is 15.2 Å². The van der Waals surface area contributed by atoms with Gasteiger partial charge in [0.05, 0.1) is 6.61 Å². The standard InChI is InChI=1S/C24H34N2O5/c1-2-31-22(28)20(13-12-17-8-4-3-5-9-17)25-15-14-21(27)24(23(29)30)16-18-10-6-7-11-19(18)26-24/h3-5,8-9,18-20,25-26H,2,6-7,10-16H2,1H3,(H,29,30)/t18?,19?,20-,24?/m0/s1. The largest absolute Gasteiger partial charge is 0.480 e. The zero-order valence-electron chi connectivity index (χ0n) is 18.3. The van der Waals surface area contributed by atoms with Crippen molar-refractivity contribution in [3.8, 4) is 0 Å². The molecule has 1 aromatic carbocycles. The molecular formula is C24H34N2O5. The van der Waals surface area contributed by atoms with Crippen LogP contribution in [0.1, 0.15) is 57.4 Å². The minimum Gasteiger partial charge on any atom is -0.480 e. The number of carbonyl (C=O) groups excluding carboxylic acids is 2. The fraction of sp³-hybridized carbons (Fsp3) is 0.625. The molecule has 2 aliphatic rings. The van der Waals surface area contributed by atoms with Crippen LogP contribution in [0, 0.1) is 5.92 Å². The van der Waals surface area contributed by atoms with Crippen LogP contribution in [0.15, 0.2) is 30.3 Å². The van der Waals surface area contributed by atoms with E-state index >= 15 is 0 Å². The molecule has 1 aliphatic heterocycles. The van der Waals surface area contributed by atoms with E-state index in [1.165, 1.54) is 0 Å². The lowest BCUT2D eigenvalue weighted by atomic mass is 9.81. The summed E-state index contributed by atoms with van der Waals surface area (Å²) in [6.45, 7) is 2.29. The number of ketones is 1. The quantitative estimate of drug-likeness (QED) is 0.366. The average molecular weight is 431 g/mol. The first-order valence-electron chi connectivity index (χ1n) is 11.4. The number of benzene rings is 1. The molecule has 1 heterocycles. The molecule has 1 saturated heterocycles. The Balaban J connectivity index is 1.57. The van der Waals surface area contributed by atoms with E-state index in [1.54, 1.807) is 6.92 Å². The summed E-state index contributed by atoms with van der Waals surface area (Å²) < 4.78 is 5.18. The number of nitrogens with one attached hydrogen (secondary N) is 2. The third-order valence-electron chi connectivity index (χ3n) is 6.63. The van der Waals surface area contributed by atoms with Crippen molar-refractivity contribution in [3.05, 3.63) is 35.9 Å². The van der Waals surface area contributed by atoms with Gasteiger partial charge in [0.25, 0.3) is 0 Å². The molecule has 0 radical (unpaired) electrons. The molecular weight excluding hydrogens is 396 g/mol. The summed E-state index contributed by atoms with van der Waals surface area (Å²) in [4.78, 5) is 37.5. The number of rotatable bonds is 11. The first kappa shape index (κ1) is 23.4. The van der Waals surface area contributed by atoms with E-state index in [0.29, 0.717) is 19.3 Å². The monoisotopic (exact) mass is 430 g/mol. The summed E-state index contributed by atoms with van der Waals surface area (Å²) in [6.07, 6.45) is 5.73. The molecule has 170 valence electrons. The molecule has 2 fully saturated rings. The molecule has 0 amide bonds. The Labute approximate surface area is 183 Å². The zero-order chi connectivity index (χ0) is 22.3. The predicted molar refractivity (Wildman–Crippen MR) is 117 cm³/mol. The highest BCUT2D eigenvalue weighted by atomic mass is 16.5. The van der Waals surface area contributed by atoms with Crippen LogP contribution in [0.3, 0.4) is 0 Å². The number of ether oxygens (including phenoxy) is 1. The molecule has 3 rings (SSSR count). The molecule has 3 unspecified atom stereocenters. The van der Waals surface area contributed by atoms with Crippen molar-refractivity contribution in [2.24, 2.45) is 5.92 Å². The van der Waals surface area contributed by atoms with Crippen LogP contribution in [0.2, 0.25) is 0 Å². The van der Waals surface area contributed by atoms with Gasteiger partial charge in [0.1, 0.15) is 6.04 Å². The maximum Gasteiger partial charge on any atom is 0.331 e. The van der Waals surface area contributed by atoms with Crippen molar-refractivity contribution in [1.82, 2.24) is 10.6 Å². The van der Waals surface area contributed by atoms with Crippen LogP contribution in [-0.4, -0.2) is 53.6 Å². The van der Waals surface area contributed by atoms with Gasteiger partial charge in [-0.05, 0) is 50.5 Å². The molecule has 4 atom stereocenters. The van der Waals surface area contributed by atoms with E-state index in [4.69, 9.17) is 4.74 Å². The van der Waals surface area contributed by atoms with E-state index in [2.05, 4.69) is 10.6 Å². The van der Waals surface area contributed by atoms with Gasteiger partial charge in [-0.1, -0.05) is 43.2 Å². The van der Waals surface area contributed by atoms with Crippen LogP contribution >= 0.6 is 0 Å². The van der Waals surface area contributed by atoms with E-state index in [1.807, 2.05) is 30.3 Å². The molecule has 1 aromatic rings. The van der Waals surface area contributed by atoms with Gasteiger partial charge in [-0.3, -0.25) is 14.9 Å². The van der Waals surface area contributed by atoms with E-state index in [9.17, 15) is 19.5 Å². The topological polar surface area (TPSA) is 105 Å². The minimum atomic E-state index is -1.50. The second kappa shape index (κ2) is 10.9. The number of fused-ring (bicyclic) bond motifs is 1. The lowest BCUT2D eigenvalue weighted by molar-refractivity contribution is -0.150. The van der Waals surface area contributed by atoms with Crippen LogP contribution < -0.4 is 10.6 Å². The Morgan fingerprint density at radius 1 is 1.23 bits per heavy atom. The molecule has 31 heavy (non-hydrogen) atoms. The summed E-state index contributed by atoms with van der Waals surface area (Å²) in [5, 5.41) is 16.2. The minimum absolute atomic E-state index is 0.0555. The third-order valence-corrected chi connectivity index (χ3v) is 6.63. The summed E-state index contributed by atoms with van der Waals surface area (Å²) >= 11 is 0.